The molecule has 0 atom stereocenters. The molecule has 1 aromatic rings. The smallest absolute Gasteiger partial charge is 0.253 e. The third-order valence-electron chi connectivity index (χ3n) is 6.42. The van der Waals surface area contributed by atoms with Gasteiger partial charge in [0.15, 0.2) is 0 Å². The van der Waals surface area contributed by atoms with Crippen LogP contribution in [0, 0.1) is 23.2 Å². The molecule has 0 bridgehead atoms. The van der Waals surface area contributed by atoms with Gasteiger partial charge in [0.25, 0.3) is 5.91 Å². The monoisotopic (exact) mass is 410 g/mol. The van der Waals surface area contributed by atoms with E-state index in [0.29, 0.717) is 50.8 Å². The van der Waals surface area contributed by atoms with Gasteiger partial charge in [-0.25, -0.2) is 0 Å². The molecular weight excluding hydrogens is 382 g/mol. The van der Waals surface area contributed by atoms with Crippen LogP contribution in [0.25, 0.3) is 0 Å². The summed E-state index contributed by atoms with van der Waals surface area (Å²) in [6, 6.07) is 5.54. The number of carbonyl (C=O) groups excluding carboxylic acids is 3. The van der Waals surface area contributed by atoms with Crippen molar-refractivity contribution in [2.45, 2.75) is 56.9 Å². The molecule has 8 nitrogen and oxygen atoms in total. The highest BCUT2D eigenvalue weighted by atomic mass is 16.2. The SMILES string of the molecule is N#CC1(NC(=O)[CH]CC2(C(N)=O)CCCCC2)CCN(C(=O)c2ccncc2)CC1. The minimum absolute atomic E-state index is 0.109. The number of piperidine rings is 1. The van der Waals surface area contributed by atoms with Gasteiger partial charge in [-0.3, -0.25) is 19.4 Å². The fraction of sp³-hybridized carbons (Fsp3) is 0.545. The maximum Gasteiger partial charge on any atom is 0.253 e. The summed E-state index contributed by atoms with van der Waals surface area (Å²) in [5.41, 5.74) is 4.51. The third kappa shape index (κ3) is 4.78. The summed E-state index contributed by atoms with van der Waals surface area (Å²) in [6.45, 7) is 0.750. The quantitative estimate of drug-likeness (QED) is 0.738. The zero-order valence-electron chi connectivity index (χ0n) is 17.1. The average molecular weight is 410 g/mol. The van der Waals surface area contributed by atoms with E-state index in [-0.39, 0.29) is 17.7 Å². The minimum atomic E-state index is -1.02. The highest BCUT2D eigenvalue weighted by Crippen LogP contribution is 2.39. The molecule has 159 valence electrons. The van der Waals surface area contributed by atoms with E-state index in [1.807, 2.05) is 0 Å². The predicted molar refractivity (Wildman–Crippen MR) is 109 cm³/mol. The topological polar surface area (TPSA) is 129 Å². The maximum atomic E-state index is 12.6. The highest BCUT2D eigenvalue weighted by Gasteiger charge is 2.40. The lowest BCUT2D eigenvalue weighted by Crippen LogP contribution is -2.55. The van der Waals surface area contributed by atoms with E-state index in [9.17, 15) is 19.6 Å². The molecule has 1 saturated heterocycles. The van der Waals surface area contributed by atoms with E-state index in [1.54, 1.807) is 29.4 Å². The third-order valence-corrected chi connectivity index (χ3v) is 6.42. The van der Waals surface area contributed by atoms with Crippen molar-refractivity contribution in [2.75, 3.05) is 13.1 Å². The Hall–Kier alpha value is -2.95. The molecule has 2 heterocycles. The first kappa shape index (κ1) is 21.8. The fourth-order valence-electron chi connectivity index (χ4n) is 4.39. The molecule has 0 unspecified atom stereocenters. The van der Waals surface area contributed by atoms with E-state index >= 15 is 0 Å². The number of nitrogens with zero attached hydrogens (tertiary/aromatic N) is 3. The molecule has 8 heteroatoms. The van der Waals surface area contributed by atoms with Crippen molar-refractivity contribution in [1.29, 1.82) is 5.26 Å². The van der Waals surface area contributed by atoms with Crippen LogP contribution < -0.4 is 11.1 Å². The van der Waals surface area contributed by atoms with Crippen LogP contribution in [0.1, 0.15) is 61.7 Å². The van der Waals surface area contributed by atoms with Gasteiger partial charge in [0.2, 0.25) is 11.8 Å². The average Bonchev–Trinajstić information content (AvgIpc) is 2.79. The van der Waals surface area contributed by atoms with Crippen LogP contribution in [0.4, 0.5) is 0 Å². The van der Waals surface area contributed by atoms with Crippen molar-refractivity contribution in [3.05, 3.63) is 36.5 Å². The summed E-state index contributed by atoms with van der Waals surface area (Å²) in [7, 11) is 0. The van der Waals surface area contributed by atoms with Crippen molar-refractivity contribution in [1.82, 2.24) is 15.2 Å². The lowest BCUT2D eigenvalue weighted by atomic mass is 9.70. The van der Waals surface area contributed by atoms with E-state index in [0.717, 1.165) is 19.3 Å². The Morgan fingerprint density at radius 1 is 1.13 bits per heavy atom. The van der Waals surface area contributed by atoms with Gasteiger partial charge in [0, 0.05) is 49.3 Å². The highest BCUT2D eigenvalue weighted by molar-refractivity contribution is 5.94. The van der Waals surface area contributed by atoms with Crippen molar-refractivity contribution in [3.8, 4) is 6.07 Å². The Balaban J connectivity index is 1.55. The van der Waals surface area contributed by atoms with Crippen molar-refractivity contribution < 1.29 is 14.4 Å². The van der Waals surface area contributed by atoms with Gasteiger partial charge in [-0.15, -0.1) is 0 Å². The molecule has 30 heavy (non-hydrogen) atoms. The summed E-state index contributed by atoms with van der Waals surface area (Å²) in [6.07, 6.45) is 9.92. The number of pyridine rings is 1. The Morgan fingerprint density at radius 3 is 2.33 bits per heavy atom. The van der Waals surface area contributed by atoms with Crippen molar-refractivity contribution >= 4 is 17.7 Å². The lowest BCUT2D eigenvalue weighted by molar-refractivity contribution is -0.130. The number of hydrogen-bond acceptors (Lipinski definition) is 5. The van der Waals surface area contributed by atoms with Crippen LogP contribution in [0.3, 0.4) is 0 Å². The van der Waals surface area contributed by atoms with Crippen LogP contribution in [0.15, 0.2) is 24.5 Å². The number of nitrogens with one attached hydrogen (secondary N) is 1. The molecule has 1 aliphatic heterocycles. The molecule has 1 saturated carbocycles. The van der Waals surface area contributed by atoms with Gasteiger partial charge in [-0.05, 0) is 31.4 Å². The number of nitriles is 1. The second-order valence-corrected chi connectivity index (χ2v) is 8.32. The van der Waals surface area contributed by atoms with Crippen molar-refractivity contribution in [3.63, 3.8) is 0 Å². The Bertz CT molecular complexity index is 819. The van der Waals surface area contributed by atoms with E-state index in [2.05, 4.69) is 16.4 Å². The van der Waals surface area contributed by atoms with E-state index in [4.69, 9.17) is 5.73 Å². The summed E-state index contributed by atoms with van der Waals surface area (Å²) < 4.78 is 0. The molecule has 3 amide bonds. The molecule has 1 aliphatic carbocycles. The molecule has 3 rings (SSSR count). The van der Waals surface area contributed by atoms with Crippen LogP contribution in [0.5, 0.6) is 0 Å². The predicted octanol–water partition coefficient (Wildman–Crippen LogP) is 1.73. The Morgan fingerprint density at radius 2 is 1.77 bits per heavy atom. The lowest BCUT2D eigenvalue weighted by Gasteiger charge is -2.38. The molecule has 2 aliphatic rings. The molecule has 1 radical (unpaired) electrons. The largest absolute Gasteiger partial charge is 0.369 e. The van der Waals surface area contributed by atoms with Crippen LogP contribution >= 0.6 is 0 Å². The molecule has 1 aromatic heterocycles. The van der Waals surface area contributed by atoms with Gasteiger partial charge < -0.3 is 16.0 Å². The first-order valence-corrected chi connectivity index (χ1v) is 10.5. The van der Waals surface area contributed by atoms with Crippen LogP contribution in [-0.4, -0.2) is 46.2 Å². The van der Waals surface area contributed by atoms with Gasteiger partial charge in [0.1, 0.15) is 5.54 Å². The second-order valence-electron chi connectivity index (χ2n) is 8.32. The number of primary amides is 1. The first-order chi connectivity index (χ1) is 14.4. The van der Waals surface area contributed by atoms with E-state index < -0.39 is 11.0 Å². The molecule has 2 fully saturated rings. The number of hydrogen-bond donors (Lipinski definition) is 2. The van der Waals surface area contributed by atoms with Gasteiger partial charge in [0.05, 0.1) is 12.5 Å². The number of likely N-dealkylation sites (tertiary alicyclic amines) is 1. The number of carbonyl (C=O) groups is 3. The van der Waals surface area contributed by atoms with Crippen LogP contribution in [-0.2, 0) is 9.59 Å². The summed E-state index contributed by atoms with van der Waals surface area (Å²) in [4.78, 5) is 42.7. The zero-order chi connectivity index (χ0) is 21.6. The van der Waals surface area contributed by atoms with E-state index in [1.165, 1.54) is 6.42 Å². The summed E-state index contributed by atoms with van der Waals surface area (Å²) in [5.74, 6) is -0.830. The first-order valence-electron chi connectivity index (χ1n) is 10.5. The number of aromatic nitrogens is 1. The van der Waals surface area contributed by atoms with Crippen LogP contribution in [0.2, 0.25) is 0 Å². The standard InChI is InChI=1S/C22H28N5O3/c23-16-22(10-14-27(15-11-22)19(29)17-5-12-25-13-6-17)26-18(28)4-9-21(20(24)30)7-2-1-3-8-21/h4-6,12-13H,1-3,7-11,14-15H2,(H2,24,30)(H,26,28). The fourth-order valence-corrected chi connectivity index (χ4v) is 4.39. The normalized spacial score (nSPS) is 20.0. The number of amides is 3. The molecular formula is C22H28N5O3. The maximum absolute atomic E-state index is 12.6. The van der Waals surface area contributed by atoms with Gasteiger partial charge >= 0.3 is 0 Å². The molecule has 0 spiro atoms. The number of nitrogens with two attached hydrogens (primary N) is 1. The van der Waals surface area contributed by atoms with Crippen molar-refractivity contribution in [2.24, 2.45) is 11.1 Å². The zero-order valence-corrected chi connectivity index (χ0v) is 17.1. The molecule has 0 aromatic carbocycles. The minimum Gasteiger partial charge on any atom is -0.369 e. The van der Waals surface area contributed by atoms with Gasteiger partial charge in [-0.2, -0.15) is 5.26 Å². The Kier molecular flexibility index (Phi) is 6.70. The second kappa shape index (κ2) is 9.24. The summed E-state index contributed by atoms with van der Waals surface area (Å²) in [5, 5.41) is 12.5. The Labute approximate surface area is 176 Å². The molecule has 3 N–H and O–H groups in total. The van der Waals surface area contributed by atoms with Gasteiger partial charge in [-0.1, -0.05) is 19.3 Å². The summed E-state index contributed by atoms with van der Waals surface area (Å²) >= 11 is 0. The number of rotatable bonds is 6.